The minimum absolute atomic E-state index is 0.562. The van der Waals surface area contributed by atoms with E-state index in [2.05, 4.69) is 4.18 Å². The number of aliphatic hydroxyl groups is 5. The maximum absolute atomic E-state index is 10.7. The van der Waals surface area contributed by atoms with Gasteiger partial charge in [0, 0.05) is 0 Å². The van der Waals surface area contributed by atoms with Crippen LogP contribution in [0.25, 0.3) is 0 Å². The van der Waals surface area contributed by atoms with Gasteiger partial charge < -0.3 is 39.7 Å². The quantitative estimate of drug-likeness (QED) is 0.262. The van der Waals surface area contributed by atoms with Crippen molar-refractivity contribution in [3.05, 3.63) is 0 Å². The number of ether oxygens (including phenoxy) is 3. The molecular formula is C11H20O12S. The molecule has 0 aromatic carbocycles. The number of hydrogen-bond donors (Lipinski definition) is 6. The van der Waals surface area contributed by atoms with Crippen LogP contribution in [0.15, 0.2) is 0 Å². The Labute approximate surface area is 137 Å². The molecule has 0 aromatic rings. The lowest BCUT2D eigenvalue weighted by atomic mass is 9.99. The van der Waals surface area contributed by atoms with Gasteiger partial charge in [0.2, 0.25) is 0 Å². The monoisotopic (exact) mass is 376 g/mol. The van der Waals surface area contributed by atoms with Crippen molar-refractivity contribution in [1.29, 1.82) is 0 Å². The molecule has 0 spiro atoms. The van der Waals surface area contributed by atoms with Crippen LogP contribution in [0, 0.1) is 0 Å². The lowest BCUT2D eigenvalue weighted by molar-refractivity contribution is -0.347. The first-order valence-electron chi connectivity index (χ1n) is 7.00. The highest BCUT2D eigenvalue weighted by molar-refractivity contribution is 7.80. The van der Waals surface area contributed by atoms with Gasteiger partial charge in [0.15, 0.2) is 12.6 Å². The Bertz CT molecular complexity index is 525. The van der Waals surface area contributed by atoms with E-state index in [4.69, 9.17) is 18.8 Å². The summed E-state index contributed by atoms with van der Waals surface area (Å²) in [5.74, 6) is 0. The van der Waals surface area contributed by atoms with Crippen molar-refractivity contribution < 1.29 is 56.9 Å². The Morgan fingerprint density at radius 1 is 1.00 bits per heavy atom. The fourth-order valence-electron chi connectivity index (χ4n) is 2.44. The van der Waals surface area contributed by atoms with Crippen molar-refractivity contribution >= 4 is 10.4 Å². The smallest absolute Gasteiger partial charge is 0.388 e. The SMILES string of the molecule is C[C@@H]1O[C@@H](O[C@@H]2[C@@H](O)[C@@H](OS(=O)(=O)O)CO[C@H]2O)[C@H](O)[C@H](O)[C@H]1O. The zero-order chi connectivity index (χ0) is 18.2. The first-order chi connectivity index (χ1) is 11.0. The fourth-order valence-corrected chi connectivity index (χ4v) is 2.92. The Morgan fingerprint density at radius 3 is 2.21 bits per heavy atom. The summed E-state index contributed by atoms with van der Waals surface area (Å²) in [4.78, 5) is 0. The molecule has 0 amide bonds. The molecule has 0 radical (unpaired) electrons. The minimum atomic E-state index is -4.90. The Kier molecular flexibility index (Phi) is 6.15. The molecule has 142 valence electrons. The zero-order valence-electron chi connectivity index (χ0n) is 12.4. The van der Waals surface area contributed by atoms with Crippen molar-refractivity contribution in [2.24, 2.45) is 0 Å². The molecule has 2 saturated heterocycles. The summed E-state index contributed by atoms with van der Waals surface area (Å²) in [5, 5.41) is 48.9. The first kappa shape index (κ1) is 19.9. The van der Waals surface area contributed by atoms with Crippen molar-refractivity contribution in [3.8, 4) is 0 Å². The molecule has 0 saturated carbocycles. The van der Waals surface area contributed by atoms with Gasteiger partial charge in [-0.05, 0) is 6.92 Å². The Morgan fingerprint density at radius 2 is 1.62 bits per heavy atom. The van der Waals surface area contributed by atoms with Gasteiger partial charge in [0.1, 0.15) is 36.6 Å². The molecule has 2 aliphatic heterocycles. The minimum Gasteiger partial charge on any atom is -0.388 e. The number of rotatable bonds is 4. The van der Waals surface area contributed by atoms with Crippen LogP contribution in [0.4, 0.5) is 0 Å². The van der Waals surface area contributed by atoms with E-state index >= 15 is 0 Å². The molecule has 0 bridgehead atoms. The first-order valence-corrected chi connectivity index (χ1v) is 8.36. The van der Waals surface area contributed by atoms with Crippen molar-refractivity contribution in [2.45, 2.75) is 62.2 Å². The molecule has 24 heavy (non-hydrogen) atoms. The highest BCUT2D eigenvalue weighted by atomic mass is 32.3. The standard InChI is InChI=1S/C11H20O12S/c1-3-5(12)7(14)8(15)11(21-3)22-9-6(13)4(2-20-10(9)16)23-24(17,18)19/h3-16H,2H2,1H3,(H,17,18,19)/t3-,4-,5-,6-,7+,8+,9+,10+,11-/m0/s1. The average molecular weight is 376 g/mol. The Hall–Kier alpha value is -0.450. The third kappa shape index (κ3) is 4.39. The third-order valence-electron chi connectivity index (χ3n) is 3.77. The molecule has 6 N–H and O–H groups in total. The van der Waals surface area contributed by atoms with E-state index in [1.807, 2.05) is 0 Å². The summed E-state index contributed by atoms with van der Waals surface area (Å²) in [6.45, 7) is 0.832. The van der Waals surface area contributed by atoms with E-state index < -0.39 is 72.3 Å². The van der Waals surface area contributed by atoms with Crippen molar-refractivity contribution in [3.63, 3.8) is 0 Å². The van der Waals surface area contributed by atoms with Crippen LogP contribution in [0.1, 0.15) is 6.92 Å². The maximum atomic E-state index is 10.7. The van der Waals surface area contributed by atoms with Crippen LogP contribution in [-0.2, 0) is 28.8 Å². The van der Waals surface area contributed by atoms with Crippen LogP contribution in [0.5, 0.6) is 0 Å². The van der Waals surface area contributed by atoms with Crippen LogP contribution in [-0.4, -0.2) is 100 Å². The van der Waals surface area contributed by atoms with E-state index in [9.17, 15) is 34.0 Å². The average Bonchev–Trinajstić information content (AvgIpc) is 2.48. The summed E-state index contributed by atoms with van der Waals surface area (Å²) in [6, 6.07) is 0. The highest BCUT2D eigenvalue weighted by Crippen LogP contribution is 2.27. The lowest BCUT2D eigenvalue weighted by Crippen LogP contribution is -2.62. The normalized spacial score (nSPS) is 47.5. The Balaban J connectivity index is 2.08. The van der Waals surface area contributed by atoms with Gasteiger partial charge in [-0.15, -0.1) is 0 Å². The van der Waals surface area contributed by atoms with Gasteiger partial charge in [-0.1, -0.05) is 0 Å². The molecule has 0 aliphatic carbocycles. The van der Waals surface area contributed by atoms with Gasteiger partial charge in [-0.2, -0.15) is 8.42 Å². The van der Waals surface area contributed by atoms with Crippen molar-refractivity contribution in [1.82, 2.24) is 0 Å². The third-order valence-corrected chi connectivity index (χ3v) is 4.27. The molecule has 12 nitrogen and oxygen atoms in total. The van der Waals surface area contributed by atoms with E-state index in [1.54, 1.807) is 0 Å². The van der Waals surface area contributed by atoms with Crippen LogP contribution in [0.3, 0.4) is 0 Å². The van der Waals surface area contributed by atoms with Crippen LogP contribution >= 0.6 is 0 Å². The van der Waals surface area contributed by atoms with E-state index in [0.29, 0.717) is 0 Å². The van der Waals surface area contributed by atoms with Crippen LogP contribution in [0.2, 0.25) is 0 Å². The largest absolute Gasteiger partial charge is 0.397 e. The molecule has 0 unspecified atom stereocenters. The summed E-state index contributed by atoms with van der Waals surface area (Å²) in [5.41, 5.74) is 0. The highest BCUT2D eigenvalue weighted by Gasteiger charge is 2.48. The van der Waals surface area contributed by atoms with Gasteiger partial charge in [-0.3, -0.25) is 4.55 Å². The maximum Gasteiger partial charge on any atom is 0.397 e. The number of hydrogen-bond acceptors (Lipinski definition) is 11. The van der Waals surface area contributed by atoms with E-state index in [-0.39, 0.29) is 0 Å². The predicted octanol–water partition coefficient (Wildman–Crippen LogP) is -3.90. The summed E-state index contributed by atoms with van der Waals surface area (Å²) in [6.07, 6.45) is -13.9. The number of aliphatic hydroxyl groups excluding tert-OH is 5. The van der Waals surface area contributed by atoms with Gasteiger partial charge >= 0.3 is 10.4 Å². The molecule has 2 aliphatic rings. The summed E-state index contributed by atoms with van der Waals surface area (Å²) < 4.78 is 49.5. The summed E-state index contributed by atoms with van der Waals surface area (Å²) >= 11 is 0. The van der Waals surface area contributed by atoms with Crippen molar-refractivity contribution in [2.75, 3.05) is 6.61 Å². The van der Waals surface area contributed by atoms with E-state index in [1.165, 1.54) is 6.92 Å². The zero-order valence-corrected chi connectivity index (χ0v) is 13.3. The topological polar surface area (TPSA) is 192 Å². The second-order valence-electron chi connectivity index (χ2n) is 5.56. The second-order valence-corrected chi connectivity index (χ2v) is 6.61. The molecule has 2 rings (SSSR count). The predicted molar refractivity (Wildman–Crippen MR) is 71.6 cm³/mol. The lowest BCUT2D eigenvalue weighted by Gasteiger charge is -2.43. The molecule has 9 atom stereocenters. The van der Waals surface area contributed by atoms with E-state index in [0.717, 1.165) is 0 Å². The van der Waals surface area contributed by atoms with Gasteiger partial charge in [-0.25, -0.2) is 4.18 Å². The second kappa shape index (κ2) is 7.43. The summed E-state index contributed by atoms with van der Waals surface area (Å²) in [7, 11) is -4.90. The molecule has 2 heterocycles. The molecule has 0 aromatic heterocycles. The van der Waals surface area contributed by atoms with Gasteiger partial charge in [0.05, 0.1) is 12.7 Å². The molecular weight excluding hydrogens is 356 g/mol. The molecule has 2 fully saturated rings. The molecule has 13 heteroatoms. The van der Waals surface area contributed by atoms with Crippen LogP contribution < -0.4 is 0 Å². The fraction of sp³-hybridized carbons (Fsp3) is 1.00. The van der Waals surface area contributed by atoms with Gasteiger partial charge in [0.25, 0.3) is 0 Å².